The van der Waals surface area contributed by atoms with Gasteiger partial charge in [0.1, 0.15) is 0 Å². The topological polar surface area (TPSA) is 72.9 Å². The van der Waals surface area contributed by atoms with Crippen LogP contribution in [0, 0.1) is 5.92 Å². The van der Waals surface area contributed by atoms with Gasteiger partial charge in [0.25, 0.3) is 0 Å². The van der Waals surface area contributed by atoms with Gasteiger partial charge in [0, 0.05) is 25.5 Å². The first kappa shape index (κ1) is 15.3. The molecule has 0 fully saturated rings. The first-order valence-corrected chi connectivity index (χ1v) is 7.13. The van der Waals surface area contributed by atoms with Gasteiger partial charge in [0.2, 0.25) is 5.91 Å². The summed E-state index contributed by atoms with van der Waals surface area (Å²) in [6, 6.07) is 7.71. The maximum Gasteiger partial charge on any atom is 0.237 e. The molecule has 3 N–H and O–H groups in total. The molecule has 2 aromatic rings. The highest BCUT2D eigenvalue weighted by Crippen LogP contribution is 2.07. The molecule has 1 amide bonds. The molecule has 1 aromatic carbocycles. The molecule has 1 aromatic heterocycles. The third-order valence-corrected chi connectivity index (χ3v) is 3.44. The number of amides is 1. The van der Waals surface area contributed by atoms with Crippen LogP contribution in [-0.2, 0) is 17.9 Å². The molecular formula is C16H22N4O. The minimum Gasteiger partial charge on any atom is -0.351 e. The zero-order valence-electron chi connectivity index (χ0n) is 12.5. The van der Waals surface area contributed by atoms with E-state index in [0.717, 1.165) is 12.1 Å². The van der Waals surface area contributed by atoms with Crippen molar-refractivity contribution in [2.45, 2.75) is 33.0 Å². The van der Waals surface area contributed by atoms with Gasteiger partial charge in [-0.2, -0.15) is 0 Å². The highest BCUT2D eigenvalue weighted by Gasteiger charge is 2.16. The van der Waals surface area contributed by atoms with Gasteiger partial charge in [0.15, 0.2) is 0 Å². The third kappa shape index (κ3) is 4.43. The smallest absolute Gasteiger partial charge is 0.237 e. The second kappa shape index (κ2) is 7.04. The number of aromatic nitrogens is 2. The minimum atomic E-state index is -0.453. The van der Waals surface area contributed by atoms with Gasteiger partial charge in [-0.05, 0) is 17.0 Å². The lowest BCUT2D eigenvalue weighted by molar-refractivity contribution is -0.123. The second-order valence-electron chi connectivity index (χ2n) is 5.54. The van der Waals surface area contributed by atoms with Crippen LogP contribution in [0.4, 0.5) is 0 Å². The van der Waals surface area contributed by atoms with E-state index in [1.54, 1.807) is 12.5 Å². The second-order valence-corrected chi connectivity index (χ2v) is 5.54. The summed E-state index contributed by atoms with van der Waals surface area (Å²) in [7, 11) is 0. The van der Waals surface area contributed by atoms with Crippen LogP contribution in [-0.4, -0.2) is 21.5 Å². The molecule has 0 saturated carbocycles. The number of nitrogens with one attached hydrogen (secondary N) is 1. The summed E-state index contributed by atoms with van der Waals surface area (Å²) in [5.74, 6) is 0.0371. The van der Waals surface area contributed by atoms with Crippen molar-refractivity contribution < 1.29 is 4.79 Å². The number of nitrogens with zero attached hydrogens (tertiary/aromatic N) is 2. The summed E-state index contributed by atoms with van der Waals surface area (Å²) >= 11 is 0. The molecule has 0 saturated heterocycles. The molecular weight excluding hydrogens is 264 g/mol. The number of rotatable bonds is 6. The largest absolute Gasteiger partial charge is 0.351 e. The predicted molar refractivity (Wildman–Crippen MR) is 82.4 cm³/mol. The van der Waals surface area contributed by atoms with Crippen LogP contribution in [0.25, 0.3) is 0 Å². The number of imidazole rings is 1. The molecule has 0 aliphatic heterocycles. The number of carbonyl (C=O) groups excluding carboxylic acids is 1. The Hall–Kier alpha value is -2.14. The van der Waals surface area contributed by atoms with Crippen LogP contribution in [0.1, 0.15) is 25.0 Å². The number of benzene rings is 1. The van der Waals surface area contributed by atoms with E-state index in [9.17, 15) is 4.79 Å². The number of hydrogen-bond donors (Lipinski definition) is 2. The Labute approximate surface area is 125 Å². The van der Waals surface area contributed by atoms with Crippen LogP contribution in [0.2, 0.25) is 0 Å². The summed E-state index contributed by atoms with van der Waals surface area (Å²) in [4.78, 5) is 15.8. The highest BCUT2D eigenvalue weighted by molar-refractivity contribution is 5.81. The van der Waals surface area contributed by atoms with Gasteiger partial charge in [0.05, 0.1) is 12.4 Å². The molecule has 21 heavy (non-hydrogen) atoms. The standard InChI is InChI=1S/C16H22N4O/c1-12(2)15(17)16(21)19-9-13-3-5-14(6-4-13)10-20-8-7-18-11-20/h3-8,11-12,15H,9-10,17H2,1-2H3,(H,19,21)/t15-/m0/s1. The van der Waals surface area contributed by atoms with E-state index in [1.165, 1.54) is 5.56 Å². The molecule has 1 heterocycles. The van der Waals surface area contributed by atoms with Crippen molar-refractivity contribution in [1.29, 1.82) is 0 Å². The van der Waals surface area contributed by atoms with Crippen molar-refractivity contribution in [3.63, 3.8) is 0 Å². The summed E-state index contributed by atoms with van der Waals surface area (Å²) in [5, 5.41) is 2.87. The van der Waals surface area contributed by atoms with E-state index in [0.29, 0.717) is 6.54 Å². The van der Waals surface area contributed by atoms with Gasteiger partial charge < -0.3 is 15.6 Å². The number of nitrogens with two attached hydrogens (primary N) is 1. The van der Waals surface area contributed by atoms with Crippen LogP contribution in [0.3, 0.4) is 0 Å². The third-order valence-electron chi connectivity index (χ3n) is 3.44. The zero-order valence-corrected chi connectivity index (χ0v) is 12.5. The number of hydrogen-bond acceptors (Lipinski definition) is 3. The fourth-order valence-electron chi connectivity index (χ4n) is 1.96. The van der Waals surface area contributed by atoms with Gasteiger partial charge in [-0.1, -0.05) is 38.1 Å². The summed E-state index contributed by atoms with van der Waals surface area (Å²) in [6.07, 6.45) is 5.49. The van der Waals surface area contributed by atoms with E-state index in [2.05, 4.69) is 22.4 Å². The minimum absolute atomic E-state index is 0.104. The Kier molecular flexibility index (Phi) is 5.11. The molecule has 0 aliphatic rings. The van der Waals surface area contributed by atoms with Crippen molar-refractivity contribution in [3.05, 3.63) is 54.1 Å². The van der Waals surface area contributed by atoms with E-state index in [-0.39, 0.29) is 11.8 Å². The molecule has 5 heteroatoms. The summed E-state index contributed by atoms with van der Waals surface area (Å²) < 4.78 is 2.01. The Bertz CT molecular complexity index is 560. The Morgan fingerprint density at radius 3 is 2.52 bits per heavy atom. The van der Waals surface area contributed by atoms with Gasteiger partial charge in [-0.3, -0.25) is 4.79 Å². The molecule has 2 rings (SSSR count). The highest BCUT2D eigenvalue weighted by atomic mass is 16.2. The first-order chi connectivity index (χ1) is 10.1. The van der Waals surface area contributed by atoms with Crippen LogP contribution < -0.4 is 11.1 Å². The van der Waals surface area contributed by atoms with Crippen molar-refractivity contribution in [3.8, 4) is 0 Å². The Morgan fingerprint density at radius 2 is 1.95 bits per heavy atom. The molecule has 0 unspecified atom stereocenters. The molecule has 1 atom stereocenters. The molecule has 0 spiro atoms. The van der Waals surface area contributed by atoms with Crippen molar-refractivity contribution >= 4 is 5.91 Å². The lowest BCUT2D eigenvalue weighted by atomic mass is 10.0. The van der Waals surface area contributed by atoms with E-state index < -0.39 is 6.04 Å². The van der Waals surface area contributed by atoms with Crippen LogP contribution >= 0.6 is 0 Å². The molecule has 5 nitrogen and oxygen atoms in total. The van der Waals surface area contributed by atoms with E-state index >= 15 is 0 Å². The van der Waals surface area contributed by atoms with Gasteiger partial charge in [-0.25, -0.2) is 4.98 Å². The molecule has 0 aliphatic carbocycles. The van der Waals surface area contributed by atoms with E-state index in [4.69, 9.17) is 5.73 Å². The van der Waals surface area contributed by atoms with Crippen LogP contribution in [0.5, 0.6) is 0 Å². The fourth-order valence-corrected chi connectivity index (χ4v) is 1.96. The molecule has 112 valence electrons. The van der Waals surface area contributed by atoms with E-state index in [1.807, 2.05) is 36.7 Å². The Morgan fingerprint density at radius 1 is 1.29 bits per heavy atom. The molecule has 0 radical (unpaired) electrons. The molecule has 0 bridgehead atoms. The lowest BCUT2D eigenvalue weighted by Crippen LogP contribution is -2.43. The lowest BCUT2D eigenvalue weighted by Gasteiger charge is -2.15. The quantitative estimate of drug-likeness (QED) is 0.846. The van der Waals surface area contributed by atoms with Crippen molar-refractivity contribution in [2.75, 3.05) is 0 Å². The zero-order chi connectivity index (χ0) is 15.2. The van der Waals surface area contributed by atoms with Crippen molar-refractivity contribution in [2.24, 2.45) is 11.7 Å². The SMILES string of the molecule is CC(C)[C@H](N)C(=O)NCc1ccc(Cn2ccnc2)cc1. The summed E-state index contributed by atoms with van der Waals surface area (Å²) in [6.45, 7) is 5.18. The fraction of sp³-hybridized carbons (Fsp3) is 0.375. The maximum absolute atomic E-state index is 11.8. The first-order valence-electron chi connectivity index (χ1n) is 7.13. The summed E-state index contributed by atoms with van der Waals surface area (Å²) in [5.41, 5.74) is 8.06. The monoisotopic (exact) mass is 286 g/mol. The average Bonchev–Trinajstić information content (AvgIpc) is 2.98. The Balaban J connectivity index is 1.86. The predicted octanol–water partition coefficient (Wildman–Crippen LogP) is 1.53. The van der Waals surface area contributed by atoms with Gasteiger partial charge >= 0.3 is 0 Å². The van der Waals surface area contributed by atoms with Gasteiger partial charge in [-0.15, -0.1) is 0 Å². The average molecular weight is 286 g/mol. The number of carbonyl (C=O) groups is 1. The maximum atomic E-state index is 11.8. The normalized spacial score (nSPS) is 12.4. The van der Waals surface area contributed by atoms with Crippen LogP contribution in [0.15, 0.2) is 43.0 Å². The van der Waals surface area contributed by atoms with Crippen molar-refractivity contribution in [1.82, 2.24) is 14.9 Å².